The van der Waals surface area contributed by atoms with Crippen molar-refractivity contribution in [1.82, 2.24) is 10.2 Å². The van der Waals surface area contributed by atoms with Crippen molar-refractivity contribution < 1.29 is 24.2 Å². The van der Waals surface area contributed by atoms with E-state index in [2.05, 4.69) is 19.2 Å². The summed E-state index contributed by atoms with van der Waals surface area (Å²) >= 11 is 0. The largest absolute Gasteiger partial charge is 0.480 e. The minimum Gasteiger partial charge on any atom is -0.480 e. The quantitative estimate of drug-likeness (QED) is 0.728. The average molecular weight is 380 g/mol. The summed E-state index contributed by atoms with van der Waals surface area (Å²) in [6, 6.07) is -1.47. The molecule has 2 amide bonds. The second-order valence-electron chi connectivity index (χ2n) is 9.28. The number of rotatable bonds is 6. The molecule has 0 aromatic rings. The summed E-state index contributed by atoms with van der Waals surface area (Å²) in [7, 11) is 0. The molecule has 3 fully saturated rings. The molecule has 0 spiro atoms. The van der Waals surface area contributed by atoms with E-state index in [1.54, 1.807) is 0 Å². The smallest absolute Gasteiger partial charge is 0.326 e. The first-order chi connectivity index (χ1) is 12.6. The van der Waals surface area contributed by atoms with Gasteiger partial charge in [-0.25, -0.2) is 4.79 Å². The molecule has 0 aromatic heterocycles. The fourth-order valence-electron chi connectivity index (χ4n) is 4.93. The van der Waals surface area contributed by atoms with E-state index in [9.17, 15) is 19.5 Å². The van der Waals surface area contributed by atoms with Gasteiger partial charge in [0.1, 0.15) is 12.1 Å². The fraction of sp³-hybridized carbons (Fsp3) is 0.850. The lowest BCUT2D eigenvalue weighted by atomic mass is 9.95. The van der Waals surface area contributed by atoms with Gasteiger partial charge in [0.25, 0.3) is 0 Å². The Bertz CT molecular complexity index is 611. The van der Waals surface area contributed by atoms with Gasteiger partial charge in [0.05, 0.1) is 0 Å². The minimum absolute atomic E-state index is 0.00435. The molecule has 3 aliphatic rings. The highest BCUT2D eigenvalue weighted by atomic mass is 16.5. The summed E-state index contributed by atoms with van der Waals surface area (Å²) in [5, 5.41) is 12.6. The summed E-state index contributed by atoms with van der Waals surface area (Å²) in [6.07, 6.45) is 2.11. The maximum Gasteiger partial charge on any atom is 0.326 e. The molecular weight excluding hydrogens is 348 g/mol. The number of amides is 2. The second-order valence-corrected chi connectivity index (χ2v) is 9.28. The molecule has 7 nitrogen and oxygen atoms in total. The molecule has 2 saturated heterocycles. The molecule has 152 valence electrons. The first-order valence-corrected chi connectivity index (χ1v) is 10.0. The lowest BCUT2D eigenvalue weighted by molar-refractivity contribution is -0.152. The van der Waals surface area contributed by atoms with Crippen LogP contribution >= 0.6 is 0 Å². The molecule has 0 bridgehead atoms. The first kappa shape index (κ1) is 20.1. The van der Waals surface area contributed by atoms with E-state index in [-0.39, 0.29) is 40.9 Å². The van der Waals surface area contributed by atoms with Gasteiger partial charge in [-0.1, -0.05) is 27.7 Å². The number of nitrogens with zero attached hydrogens (tertiary/aromatic N) is 1. The first-order valence-electron chi connectivity index (χ1n) is 10.0. The van der Waals surface area contributed by atoms with Crippen molar-refractivity contribution in [1.29, 1.82) is 0 Å². The Kier molecular flexibility index (Phi) is 5.52. The standard InChI is InChI=1S/C20H32N2O5/c1-11(2)16(21-14(23)9-12-5-7-27-8-6-12)18(24)22-10-13-15(20(13,3)4)17(22)19(25)26/h11-13,15-17H,5-10H2,1-4H3,(H,21,23)(H,25,26)/t13-,15-,16?,17-/m0/s1. The Morgan fingerprint density at radius 3 is 2.41 bits per heavy atom. The number of fused-ring (bicyclic) bond motifs is 1. The molecule has 7 heteroatoms. The predicted octanol–water partition coefficient (Wildman–Crippen LogP) is 1.51. The Morgan fingerprint density at radius 1 is 1.22 bits per heavy atom. The van der Waals surface area contributed by atoms with Gasteiger partial charge in [0.2, 0.25) is 11.8 Å². The maximum absolute atomic E-state index is 13.1. The second kappa shape index (κ2) is 7.41. The van der Waals surface area contributed by atoms with Crippen LogP contribution in [0.1, 0.15) is 47.0 Å². The Morgan fingerprint density at radius 2 is 1.85 bits per heavy atom. The molecule has 27 heavy (non-hydrogen) atoms. The molecule has 0 radical (unpaired) electrons. The van der Waals surface area contributed by atoms with Gasteiger partial charge in [-0.05, 0) is 36.0 Å². The van der Waals surface area contributed by atoms with E-state index in [1.165, 1.54) is 4.90 Å². The number of carboxylic acid groups (broad SMARTS) is 1. The predicted molar refractivity (Wildman–Crippen MR) is 98.8 cm³/mol. The van der Waals surface area contributed by atoms with E-state index >= 15 is 0 Å². The van der Waals surface area contributed by atoms with Crippen molar-refractivity contribution in [3.63, 3.8) is 0 Å². The lowest BCUT2D eigenvalue weighted by Crippen LogP contribution is -2.55. The third-order valence-electron chi connectivity index (χ3n) is 6.81. The summed E-state index contributed by atoms with van der Waals surface area (Å²) in [4.78, 5) is 38.9. The Balaban J connectivity index is 1.65. The maximum atomic E-state index is 13.1. The van der Waals surface area contributed by atoms with E-state index < -0.39 is 18.1 Å². The number of hydrogen-bond donors (Lipinski definition) is 2. The van der Waals surface area contributed by atoms with Gasteiger partial charge in [-0.15, -0.1) is 0 Å². The number of carbonyl (C=O) groups excluding carboxylic acids is 2. The monoisotopic (exact) mass is 380 g/mol. The van der Waals surface area contributed by atoms with Crippen LogP contribution in [0, 0.1) is 29.1 Å². The van der Waals surface area contributed by atoms with Gasteiger partial charge in [0.15, 0.2) is 0 Å². The topological polar surface area (TPSA) is 95.9 Å². The highest BCUT2D eigenvalue weighted by molar-refractivity contribution is 5.91. The molecule has 4 atom stereocenters. The summed E-state index contributed by atoms with van der Waals surface area (Å²) in [6.45, 7) is 9.72. The number of hydrogen-bond acceptors (Lipinski definition) is 4. The van der Waals surface area contributed by atoms with Crippen molar-refractivity contribution in [2.75, 3.05) is 19.8 Å². The van der Waals surface area contributed by atoms with Crippen molar-refractivity contribution in [2.45, 2.75) is 59.0 Å². The third kappa shape index (κ3) is 3.84. The van der Waals surface area contributed by atoms with Crippen LogP contribution in [0.15, 0.2) is 0 Å². The van der Waals surface area contributed by atoms with Crippen LogP contribution in [0.4, 0.5) is 0 Å². The molecule has 1 aliphatic carbocycles. The van der Waals surface area contributed by atoms with Crippen molar-refractivity contribution in [3.05, 3.63) is 0 Å². The number of carboxylic acids is 1. The van der Waals surface area contributed by atoms with Gasteiger partial charge in [-0.3, -0.25) is 9.59 Å². The van der Waals surface area contributed by atoms with Crippen LogP contribution in [0.25, 0.3) is 0 Å². The van der Waals surface area contributed by atoms with Crippen LogP contribution in [-0.4, -0.2) is 59.6 Å². The van der Waals surface area contributed by atoms with E-state index in [0.717, 1.165) is 12.8 Å². The van der Waals surface area contributed by atoms with E-state index in [0.29, 0.717) is 26.2 Å². The number of ether oxygens (including phenoxy) is 1. The molecule has 2 aliphatic heterocycles. The lowest BCUT2D eigenvalue weighted by Gasteiger charge is -2.33. The zero-order valence-electron chi connectivity index (χ0n) is 16.7. The zero-order chi connectivity index (χ0) is 19.9. The molecule has 1 saturated carbocycles. The summed E-state index contributed by atoms with van der Waals surface area (Å²) in [5.41, 5.74) is -0.0283. The highest BCUT2D eigenvalue weighted by Gasteiger charge is 2.69. The zero-order valence-corrected chi connectivity index (χ0v) is 16.7. The third-order valence-corrected chi connectivity index (χ3v) is 6.81. The molecular formula is C20H32N2O5. The number of nitrogens with one attached hydrogen (secondary N) is 1. The highest BCUT2D eigenvalue weighted by Crippen LogP contribution is 2.64. The Labute approximate surface area is 160 Å². The number of carbonyl (C=O) groups is 3. The molecule has 2 heterocycles. The van der Waals surface area contributed by atoms with Crippen molar-refractivity contribution in [2.24, 2.45) is 29.1 Å². The van der Waals surface area contributed by atoms with Gasteiger partial charge in [-0.2, -0.15) is 0 Å². The van der Waals surface area contributed by atoms with E-state index in [4.69, 9.17) is 4.74 Å². The van der Waals surface area contributed by atoms with Crippen LogP contribution < -0.4 is 5.32 Å². The van der Waals surface area contributed by atoms with Gasteiger partial charge >= 0.3 is 5.97 Å². The SMILES string of the molecule is CC(C)C(NC(=O)CC1CCOCC1)C(=O)N1C[C@H]2[C@@H]([C@H]1C(=O)O)C2(C)C. The molecule has 0 aromatic carbocycles. The number of likely N-dealkylation sites (tertiary alicyclic amines) is 1. The van der Waals surface area contributed by atoms with Crippen LogP contribution in [0.5, 0.6) is 0 Å². The average Bonchev–Trinajstić information content (AvgIpc) is 2.96. The van der Waals surface area contributed by atoms with Gasteiger partial charge in [0, 0.05) is 32.1 Å². The fourth-order valence-corrected chi connectivity index (χ4v) is 4.93. The van der Waals surface area contributed by atoms with Crippen LogP contribution in [-0.2, 0) is 19.1 Å². The summed E-state index contributed by atoms with van der Waals surface area (Å²) in [5.74, 6) is -0.925. The van der Waals surface area contributed by atoms with Crippen molar-refractivity contribution >= 4 is 17.8 Å². The van der Waals surface area contributed by atoms with E-state index in [1.807, 2.05) is 13.8 Å². The molecule has 1 unspecified atom stereocenters. The van der Waals surface area contributed by atoms with Crippen molar-refractivity contribution in [3.8, 4) is 0 Å². The van der Waals surface area contributed by atoms with Crippen LogP contribution in [0.3, 0.4) is 0 Å². The normalized spacial score (nSPS) is 30.7. The molecule has 3 rings (SSSR count). The summed E-state index contributed by atoms with van der Waals surface area (Å²) < 4.78 is 5.32. The minimum atomic E-state index is -0.947. The van der Waals surface area contributed by atoms with Gasteiger partial charge < -0.3 is 20.1 Å². The van der Waals surface area contributed by atoms with Crippen LogP contribution in [0.2, 0.25) is 0 Å². The Hall–Kier alpha value is -1.63. The number of aliphatic carboxylic acids is 1. The number of piperidine rings is 1. The molecule has 2 N–H and O–H groups in total.